The number of benzene rings is 2. The Hall–Kier alpha value is -3.34. The summed E-state index contributed by atoms with van der Waals surface area (Å²) < 4.78 is 5.11. The maximum absolute atomic E-state index is 12.2. The van der Waals surface area contributed by atoms with Crippen LogP contribution >= 0.6 is 0 Å². The van der Waals surface area contributed by atoms with Gasteiger partial charge in [0.25, 0.3) is 0 Å². The number of rotatable bonds is 5. The van der Waals surface area contributed by atoms with Crippen molar-refractivity contribution in [1.29, 1.82) is 0 Å². The number of methoxy groups -OCH3 is 1. The molecule has 0 saturated carbocycles. The van der Waals surface area contributed by atoms with Crippen LogP contribution in [0.25, 0.3) is 21.8 Å². The lowest BCUT2D eigenvalue weighted by atomic mass is 10.1. The number of pyridine rings is 1. The molecule has 1 amide bonds. The summed E-state index contributed by atoms with van der Waals surface area (Å²) >= 11 is 0. The van der Waals surface area contributed by atoms with Crippen molar-refractivity contribution in [2.24, 2.45) is 0 Å². The number of nitrogens with one attached hydrogen (secondary N) is 2. The number of anilines is 1. The van der Waals surface area contributed by atoms with Gasteiger partial charge in [-0.2, -0.15) is 0 Å². The second-order valence-electron chi connectivity index (χ2n) is 6.17. The fraction of sp³-hybridized carbons (Fsp3) is 0.143. The van der Waals surface area contributed by atoms with Crippen LogP contribution in [0.3, 0.4) is 0 Å². The van der Waals surface area contributed by atoms with Crippen LogP contribution in [0.15, 0.2) is 60.8 Å². The minimum Gasteiger partial charge on any atom is -0.497 e. The van der Waals surface area contributed by atoms with Crippen molar-refractivity contribution in [3.05, 3.63) is 66.5 Å². The number of ether oxygens (including phenoxy) is 1. The number of H-pyrrole nitrogens is 1. The molecule has 5 nitrogen and oxygen atoms in total. The zero-order valence-corrected chi connectivity index (χ0v) is 14.5. The Morgan fingerprint density at radius 2 is 1.88 bits per heavy atom. The van der Waals surface area contributed by atoms with Gasteiger partial charge in [-0.3, -0.25) is 9.78 Å². The van der Waals surface area contributed by atoms with E-state index in [0.717, 1.165) is 33.6 Å². The molecular weight excluding hydrogens is 326 g/mol. The van der Waals surface area contributed by atoms with E-state index >= 15 is 0 Å². The molecule has 0 fully saturated rings. The number of amides is 1. The summed E-state index contributed by atoms with van der Waals surface area (Å²) in [6.45, 7) is 0. The molecule has 2 aromatic carbocycles. The Morgan fingerprint density at radius 3 is 2.69 bits per heavy atom. The molecule has 0 radical (unpaired) electrons. The fourth-order valence-electron chi connectivity index (χ4n) is 3.07. The minimum absolute atomic E-state index is 0.0315. The Labute approximate surface area is 151 Å². The van der Waals surface area contributed by atoms with Gasteiger partial charge in [0.2, 0.25) is 5.91 Å². The quantitative estimate of drug-likeness (QED) is 0.567. The van der Waals surface area contributed by atoms with E-state index in [1.807, 2.05) is 42.6 Å². The summed E-state index contributed by atoms with van der Waals surface area (Å²) in [5.41, 5.74) is 3.78. The molecule has 26 heavy (non-hydrogen) atoms. The van der Waals surface area contributed by atoms with Gasteiger partial charge in [-0.25, -0.2) is 0 Å². The highest BCUT2D eigenvalue weighted by atomic mass is 16.5. The van der Waals surface area contributed by atoms with Crippen LogP contribution in [0, 0.1) is 0 Å². The Kier molecular flexibility index (Phi) is 4.27. The molecule has 2 aromatic heterocycles. The summed E-state index contributed by atoms with van der Waals surface area (Å²) in [4.78, 5) is 20.0. The van der Waals surface area contributed by atoms with Gasteiger partial charge < -0.3 is 15.0 Å². The predicted molar refractivity (Wildman–Crippen MR) is 104 cm³/mol. The molecule has 5 heteroatoms. The second-order valence-corrected chi connectivity index (χ2v) is 6.17. The van der Waals surface area contributed by atoms with Gasteiger partial charge in [0, 0.05) is 34.1 Å². The number of aryl methyl sites for hydroxylation is 1. The number of hydrogen-bond donors (Lipinski definition) is 2. The van der Waals surface area contributed by atoms with Gasteiger partial charge in [0.15, 0.2) is 0 Å². The van der Waals surface area contributed by atoms with Gasteiger partial charge in [0.05, 0.1) is 18.8 Å². The van der Waals surface area contributed by atoms with Crippen LogP contribution in [0.2, 0.25) is 0 Å². The molecule has 0 spiro atoms. The number of aromatic amines is 1. The number of carbonyl (C=O) groups excluding carboxylic acids is 1. The summed E-state index contributed by atoms with van der Waals surface area (Å²) in [5.74, 6) is 0.732. The molecule has 2 heterocycles. The van der Waals surface area contributed by atoms with E-state index in [2.05, 4.69) is 33.5 Å². The van der Waals surface area contributed by atoms with E-state index in [4.69, 9.17) is 4.74 Å². The largest absolute Gasteiger partial charge is 0.497 e. The molecule has 0 aliphatic heterocycles. The summed E-state index contributed by atoms with van der Waals surface area (Å²) in [6.07, 6.45) is 2.82. The van der Waals surface area contributed by atoms with Gasteiger partial charge in [0.1, 0.15) is 5.75 Å². The molecule has 0 saturated heterocycles. The Morgan fingerprint density at radius 1 is 1.08 bits per heavy atom. The first-order valence-corrected chi connectivity index (χ1v) is 8.52. The first-order chi connectivity index (χ1) is 12.7. The van der Waals surface area contributed by atoms with E-state index < -0.39 is 0 Å². The van der Waals surface area contributed by atoms with Crippen molar-refractivity contribution >= 4 is 33.4 Å². The zero-order valence-electron chi connectivity index (χ0n) is 14.5. The molecule has 0 unspecified atom stereocenters. The van der Waals surface area contributed by atoms with Crippen molar-refractivity contribution in [2.45, 2.75) is 12.8 Å². The van der Waals surface area contributed by atoms with Crippen molar-refractivity contribution in [3.63, 3.8) is 0 Å². The number of carbonyl (C=O) groups is 1. The third-order valence-corrected chi connectivity index (χ3v) is 4.43. The maximum atomic E-state index is 12.2. The van der Waals surface area contributed by atoms with Gasteiger partial charge in [-0.05, 0) is 42.8 Å². The molecule has 2 N–H and O–H groups in total. The fourth-order valence-corrected chi connectivity index (χ4v) is 3.07. The molecule has 4 rings (SSSR count). The minimum atomic E-state index is -0.0315. The zero-order chi connectivity index (χ0) is 17.9. The summed E-state index contributed by atoms with van der Waals surface area (Å²) in [6, 6.07) is 17.5. The normalized spacial score (nSPS) is 11.0. The maximum Gasteiger partial charge on any atom is 0.224 e. The lowest BCUT2D eigenvalue weighted by Crippen LogP contribution is -2.12. The van der Waals surface area contributed by atoms with Crippen molar-refractivity contribution in [2.75, 3.05) is 12.4 Å². The second kappa shape index (κ2) is 6.88. The van der Waals surface area contributed by atoms with Gasteiger partial charge in [-0.15, -0.1) is 0 Å². The number of fused-ring (bicyclic) bond motifs is 3. The van der Waals surface area contributed by atoms with Crippen molar-refractivity contribution in [3.8, 4) is 5.75 Å². The highest BCUT2D eigenvalue weighted by molar-refractivity contribution is 6.07. The Bertz CT molecular complexity index is 1070. The van der Waals surface area contributed by atoms with Crippen LogP contribution < -0.4 is 10.1 Å². The van der Waals surface area contributed by atoms with Crippen LogP contribution in [0.1, 0.15) is 12.1 Å². The SMILES string of the molecule is COc1ccc(NC(=O)CCc2cc3c(cn2)[nH]c2ccccc23)cc1. The molecule has 0 bridgehead atoms. The number of nitrogens with zero attached hydrogens (tertiary/aromatic N) is 1. The average Bonchev–Trinajstić information content (AvgIpc) is 3.05. The lowest BCUT2D eigenvalue weighted by molar-refractivity contribution is -0.116. The predicted octanol–water partition coefficient (Wildman–Crippen LogP) is 4.30. The molecule has 4 aromatic rings. The van der Waals surface area contributed by atoms with E-state index in [1.165, 1.54) is 5.39 Å². The number of aromatic nitrogens is 2. The third kappa shape index (κ3) is 3.24. The first kappa shape index (κ1) is 16.1. The topological polar surface area (TPSA) is 67.0 Å². The average molecular weight is 345 g/mol. The smallest absolute Gasteiger partial charge is 0.224 e. The summed E-state index contributed by atoms with van der Waals surface area (Å²) in [5, 5.41) is 5.21. The van der Waals surface area contributed by atoms with Gasteiger partial charge in [-0.1, -0.05) is 18.2 Å². The molecule has 0 aliphatic carbocycles. The molecule has 0 aliphatic rings. The van der Waals surface area contributed by atoms with Gasteiger partial charge >= 0.3 is 0 Å². The van der Waals surface area contributed by atoms with Crippen LogP contribution in [-0.2, 0) is 11.2 Å². The number of para-hydroxylation sites is 1. The van der Waals surface area contributed by atoms with E-state index in [-0.39, 0.29) is 5.91 Å². The number of hydrogen-bond acceptors (Lipinski definition) is 3. The molecular formula is C21H19N3O2. The highest BCUT2D eigenvalue weighted by Crippen LogP contribution is 2.25. The highest BCUT2D eigenvalue weighted by Gasteiger charge is 2.08. The van der Waals surface area contributed by atoms with Crippen molar-refractivity contribution < 1.29 is 9.53 Å². The molecule has 130 valence electrons. The Balaban J connectivity index is 1.45. The van der Waals surface area contributed by atoms with E-state index in [0.29, 0.717) is 12.8 Å². The van der Waals surface area contributed by atoms with Crippen LogP contribution in [0.4, 0.5) is 5.69 Å². The van der Waals surface area contributed by atoms with Crippen LogP contribution in [0.5, 0.6) is 5.75 Å². The first-order valence-electron chi connectivity index (χ1n) is 8.52. The van der Waals surface area contributed by atoms with Crippen LogP contribution in [-0.4, -0.2) is 23.0 Å². The standard InChI is InChI=1S/C21H19N3O2/c1-26-16-9-6-14(7-10-16)23-21(25)11-8-15-12-18-17-4-2-3-5-19(17)24-20(18)13-22-15/h2-7,9-10,12-13,24H,8,11H2,1H3,(H,23,25). The van der Waals surface area contributed by atoms with E-state index in [9.17, 15) is 4.79 Å². The van der Waals surface area contributed by atoms with Crippen molar-refractivity contribution in [1.82, 2.24) is 9.97 Å². The third-order valence-electron chi connectivity index (χ3n) is 4.43. The molecule has 0 atom stereocenters. The van der Waals surface area contributed by atoms with E-state index in [1.54, 1.807) is 7.11 Å². The summed E-state index contributed by atoms with van der Waals surface area (Å²) in [7, 11) is 1.62. The monoisotopic (exact) mass is 345 g/mol. The lowest BCUT2D eigenvalue weighted by Gasteiger charge is -2.06.